The molecule has 2 aliphatic rings. The molecule has 0 N–H and O–H groups in total. The highest BCUT2D eigenvalue weighted by Crippen LogP contribution is 2.30. The number of hydrogen-bond donors (Lipinski definition) is 0. The molecule has 2 heterocycles. The van der Waals surface area contributed by atoms with Gasteiger partial charge in [-0.15, -0.1) is 0 Å². The molecule has 0 amide bonds. The molecule has 1 aliphatic heterocycles. The van der Waals surface area contributed by atoms with Crippen LogP contribution in [-0.4, -0.2) is 47.5 Å². The second-order valence-electron chi connectivity index (χ2n) is 9.73. The number of rotatable bonds is 8. The molecule has 174 valence electrons. The SMILES string of the molecule is CCCCc1nnc(C[C@H]2CCN(C)C[C@@H]2F)cc1-c1ccc(OC2CCCCC2)cc1. The molecule has 2 aromatic rings. The highest BCUT2D eigenvalue weighted by Gasteiger charge is 2.28. The number of halogens is 1. The molecular weight excluding hydrogens is 401 g/mol. The second-order valence-corrected chi connectivity index (χ2v) is 9.73. The van der Waals surface area contributed by atoms with Crippen LogP contribution in [0.4, 0.5) is 4.39 Å². The van der Waals surface area contributed by atoms with Crippen LogP contribution in [0.5, 0.6) is 5.75 Å². The van der Waals surface area contributed by atoms with E-state index in [1.807, 2.05) is 7.05 Å². The van der Waals surface area contributed by atoms with E-state index in [0.717, 1.165) is 73.3 Å². The largest absolute Gasteiger partial charge is 0.490 e. The van der Waals surface area contributed by atoms with Crippen LogP contribution in [0.2, 0.25) is 0 Å². The van der Waals surface area contributed by atoms with Crippen LogP contribution in [0.15, 0.2) is 30.3 Å². The van der Waals surface area contributed by atoms with Crippen molar-refractivity contribution in [2.24, 2.45) is 5.92 Å². The van der Waals surface area contributed by atoms with Crippen LogP contribution < -0.4 is 4.74 Å². The minimum Gasteiger partial charge on any atom is -0.490 e. The smallest absolute Gasteiger partial charge is 0.119 e. The van der Waals surface area contributed by atoms with Crippen molar-refractivity contribution in [3.8, 4) is 16.9 Å². The number of likely N-dealkylation sites (tertiary alicyclic amines) is 1. The minimum atomic E-state index is -0.796. The van der Waals surface area contributed by atoms with E-state index in [4.69, 9.17) is 4.74 Å². The fourth-order valence-electron chi connectivity index (χ4n) is 5.03. The summed E-state index contributed by atoms with van der Waals surface area (Å²) < 4.78 is 20.8. The van der Waals surface area contributed by atoms with Crippen molar-refractivity contribution in [2.75, 3.05) is 20.1 Å². The highest BCUT2D eigenvalue weighted by atomic mass is 19.1. The first kappa shape index (κ1) is 23.2. The van der Waals surface area contributed by atoms with Crippen LogP contribution in [0, 0.1) is 5.92 Å². The number of nitrogens with zero attached hydrogens (tertiary/aromatic N) is 3. The summed E-state index contributed by atoms with van der Waals surface area (Å²) in [6, 6.07) is 10.6. The van der Waals surface area contributed by atoms with E-state index in [-0.39, 0.29) is 5.92 Å². The Morgan fingerprint density at radius 3 is 2.56 bits per heavy atom. The van der Waals surface area contributed by atoms with Crippen LogP contribution in [0.3, 0.4) is 0 Å². The van der Waals surface area contributed by atoms with E-state index in [9.17, 15) is 4.39 Å². The first-order valence-electron chi connectivity index (χ1n) is 12.6. The topological polar surface area (TPSA) is 38.2 Å². The van der Waals surface area contributed by atoms with Gasteiger partial charge < -0.3 is 9.64 Å². The zero-order chi connectivity index (χ0) is 22.3. The van der Waals surface area contributed by atoms with Crippen LogP contribution in [0.1, 0.15) is 69.7 Å². The second kappa shape index (κ2) is 11.2. The van der Waals surface area contributed by atoms with E-state index in [1.165, 1.54) is 19.3 Å². The molecular formula is C27H38FN3O. The zero-order valence-corrected chi connectivity index (χ0v) is 19.7. The monoisotopic (exact) mass is 439 g/mol. The molecule has 0 spiro atoms. The lowest BCUT2D eigenvalue weighted by molar-refractivity contribution is 0.102. The third-order valence-electron chi connectivity index (χ3n) is 7.06. The summed E-state index contributed by atoms with van der Waals surface area (Å²) in [4.78, 5) is 2.07. The number of ether oxygens (including phenoxy) is 1. The Bertz CT molecular complexity index is 850. The van der Waals surface area contributed by atoms with Crippen molar-refractivity contribution >= 4 is 0 Å². The Balaban J connectivity index is 1.51. The molecule has 1 aliphatic carbocycles. The van der Waals surface area contributed by atoms with Crippen molar-refractivity contribution in [2.45, 2.75) is 83.4 Å². The molecule has 1 aromatic heterocycles. The Labute approximate surface area is 192 Å². The number of aromatic nitrogens is 2. The summed E-state index contributed by atoms with van der Waals surface area (Å²) in [6.45, 7) is 3.66. The van der Waals surface area contributed by atoms with Gasteiger partial charge in [-0.05, 0) is 94.6 Å². The number of unbranched alkanes of at least 4 members (excludes halogenated alkanes) is 1. The minimum absolute atomic E-state index is 0.0288. The van der Waals surface area contributed by atoms with Gasteiger partial charge in [-0.1, -0.05) is 31.9 Å². The fourth-order valence-corrected chi connectivity index (χ4v) is 5.03. The number of piperidine rings is 1. The van der Waals surface area contributed by atoms with Gasteiger partial charge in [0.15, 0.2) is 0 Å². The molecule has 2 fully saturated rings. The van der Waals surface area contributed by atoms with Gasteiger partial charge in [0.2, 0.25) is 0 Å². The quantitative estimate of drug-likeness (QED) is 0.503. The van der Waals surface area contributed by atoms with Gasteiger partial charge in [0.1, 0.15) is 11.9 Å². The van der Waals surface area contributed by atoms with Crippen molar-refractivity contribution in [3.05, 3.63) is 41.7 Å². The fraction of sp³-hybridized carbons (Fsp3) is 0.630. The molecule has 5 heteroatoms. The Morgan fingerprint density at radius 1 is 1.06 bits per heavy atom. The molecule has 0 bridgehead atoms. The highest BCUT2D eigenvalue weighted by molar-refractivity contribution is 5.66. The van der Waals surface area contributed by atoms with Gasteiger partial charge in [0, 0.05) is 12.1 Å². The van der Waals surface area contributed by atoms with Gasteiger partial charge in [0.05, 0.1) is 17.5 Å². The third kappa shape index (κ3) is 6.06. The lowest BCUT2D eigenvalue weighted by atomic mass is 9.90. The number of hydrogen-bond acceptors (Lipinski definition) is 4. The predicted molar refractivity (Wildman–Crippen MR) is 128 cm³/mol. The molecule has 4 rings (SSSR count). The molecule has 4 nitrogen and oxygen atoms in total. The number of aryl methyl sites for hydroxylation is 1. The lowest BCUT2D eigenvalue weighted by Crippen LogP contribution is -2.40. The Kier molecular flexibility index (Phi) is 8.12. The summed E-state index contributed by atoms with van der Waals surface area (Å²) in [5, 5.41) is 9.11. The molecule has 0 radical (unpaired) electrons. The number of benzene rings is 1. The van der Waals surface area contributed by atoms with Gasteiger partial charge >= 0.3 is 0 Å². The summed E-state index contributed by atoms with van der Waals surface area (Å²) in [6.07, 6.45) is 10.4. The van der Waals surface area contributed by atoms with Crippen LogP contribution in [0.25, 0.3) is 11.1 Å². The average Bonchev–Trinajstić information content (AvgIpc) is 2.81. The molecule has 2 atom stereocenters. The maximum Gasteiger partial charge on any atom is 0.119 e. The van der Waals surface area contributed by atoms with Crippen LogP contribution >= 0.6 is 0 Å². The van der Waals surface area contributed by atoms with E-state index < -0.39 is 6.17 Å². The van der Waals surface area contributed by atoms with Gasteiger partial charge in [-0.3, -0.25) is 0 Å². The van der Waals surface area contributed by atoms with Gasteiger partial charge in [-0.25, -0.2) is 4.39 Å². The molecule has 1 saturated carbocycles. The third-order valence-corrected chi connectivity index (χ3v) is 7.06. The Morgan fingerprint density at radius 2 is 1.84 bits per heavy atom. The van der Waals surface area contributed by atoms with E-state index in [1.54, 1.807) is 0 Å². The van der Waals surface area contributed by atoms with Gasteiger partial charge in [0.25, 0.3) is 0 Å². The van der Waals surface area contributed by atoms with Gasteiger partial charge in [-0.2, -0.15) is 10.2 Å². The predicted octanol–water partition coefficient (Wildman–Crippen LogP) is 6.03. The van der Waals surface area contributed by atoms with Crippen molar-refractivity contribution < 1.29 is 9.13 Å². The summed E-state index contributed by atoms with van der Waals surface area (Å²) in [5.41, 5.74) is 4.22. The first-order chi connectivity index (χ1) is 15.6. The lowest BCUT2D eigenvalue weighted by Gasteiger charge is -2.32. The van der Waals surface area contributed by atoms with Crippen molar-refractivity contribution in [3.63, 3.8) is 0 Å². The van der Waals surface area contributed by atoms with Crippen molar-refractivity contribution in [1.29, 1.82) is 0 Å². The maximum absolute atomic E-state index is 14.6. The Hall–Kier alpha value is -2.01. The molecule has 1 saturated heterocycles. The standard InChI is InChI=1S/C27H38FN3O/c1-3-4-10-27-25(18-22(29-30-27)17-21-15-16-31(2)19-26(21)28)20-11-13-24(14-12-20)32-23-8-6-5-7-9-23/h11-14,18,21,23,26H,3-10,15-17,19H2,1-2H3/t21-,26+/m1/s1. The van der Waals surface area contributed by atoms with E-state index in [2.05, 4.69) is 52.4 Å². The van der Waals surface area contributed by atoms with E-state index in [0.29, 0.717) is 19.1 Å². The first-order valence-corrected chi connectivity index (χ1v) is 12.6. The molecule has 1 aromatic carbocycles. The summed E-state index contributed by atoms with van der Waals surface area (Å²) in [7, 11) is 1.99. The van der Waals surface area contributed by atoms with Crippen molar-refractivity contribution in [1.82, 2.24) is 15.1 Å². The average molecular weight is 440 g/mol. The summed E-state index contributed by atoms with van der Waals surface area (Å²) in [5.74, 6) is 0.978. The molecule has 0 unspecified atom stereocenters. The van der Waals surface area contributed by atoms with E-state index >= 15 is 0 Å². The molecule has 32 heavy (non-hydrogen) atoms. The normalized spacial score (nSPS) is 22.7. The number of alkyl halides is 1. The summed E-state index contributed by atoms with van der Waals surface area (Å²) >= 11 is 0. The zero-order valence-electron chi connectivity index (χ0n) is 19.7. The van der Waals surface area contributed by atoms with Crippen LogP contribution in [-0.2, 0) is 12.8 Å². The maximum atomic E-state index is 14.6.